The largest absolute Gasteiger partial charge is 0.449 e. The number of aliphatic hydroxyl groups is 1. The van der Waals surface area contributed by atoms with Crippen LogP contribution >= 0.6 is 15.9 Å². The number of hydrogen-bond donors (Lipinski definition) is 1. The van der Waals surface area contributed by atoms with E-state index in [-0.39, 0.29) is 0 Å². The van der Waals surface area contributed by atoms with Crippen molar-refractivity contribution in [2.24, 2.45) is 0 Å². The molecule has 1 aromatic heterocycles. The number of halogens is 1. The van der Waals surface area contributed by atoms with Gasteiger partial charge in [-0.25, -0.2) is 0 Å². The Hall–Kier alpha value is -1.06. The molecule has 3 heteroatoms. The molecule has 0 fully saturated rings. The van der Waals surface area contributed by atoms with Gasteiger partial charge >= 0.3 is 0 Å². The van der Waals surface area contributed by atoms with Crippen molar-refractivity contribution in [3.05, 3.63) is 46.6 Å². The minimum Gasteiger partial charge on any atom is -0.449 e. The van der Waals surface area contributed by atoms with Gasteiger partial charge in [-0.05, 0) is 47.5 Å². The summed E-state index contributed by atoms with van der Waals surface area (Å²) in [6, 6.07) is 11.4. The molecule has 0 aliphatic rings. The first-order valence-corrected chi connectivity index (χ1v) is 5.85. The van der Waals surface area contributed by atoms with Crippen LogP contribution in [0.2, 0.25) is 0 Å². The van der Waals surface area contributed by atoms with Crippen LogP contribution in [0.3, 0.4) is 0 Å². The van der Waals surface area contributed by atoms with Crippen molar-refractivity contribution in [3.8, 4) is 11.3 Å². The Bertz CT molecular complexity index is 495. The SMILES string of the molecule is CC(C)(O)c1ccccc1-c1ccc(Br)o1. The van der Waals surface area contributed by atoms with Gasteiger partial charge < -0.3 is 9.52 Å². The van der Waals surface area contributed by atoms with Gasteiger partial charge in [-0.15, -0.1) is 0 Å². The predicted molar refractivity (Wildman–Crippen MR) is 67.1 cm³/mol. The van der Waals surface area contributed by atoms with E-state index in [1.807, 2.05) is 36.4 Å². The van der Waals surface area contributed by atoms with Crippen LogP contribution in [0.15, 0.2) is 45.5 Å². The molecular weight excluding hydrogens is 268 g/mol. The monoisotopic (exact) mass is 280 g/mol. The van der Waals surface area contributed by atoms with Crippen LogP contribution in [0.1, 0.15) is 19.4 Å². The zero-order chi connectivity index (χ0) is 11.8. The van der Waals surface area contributed by atoms with Crippen molar-refractivity contribution in [3.63, 3.8) is 0 Å². The maximum Gasteiger partial charge on any atom is 0.169 e. The number of furan rings is 1. The van der Waals surface area contributed by atoms with Gasteiger partial charge in [-0.3, -0.25) is 0 Å². The van der Waals surface area contributed by atoms with Crippen LogP contribution in [-0.4, -0.2) is 5.11 Å². The summed E-state index contributed by atoms with van der Waals surface area (Å²) < 4.78 is 6.20. The number of rotatable bonds is 2. The second-order valence-electron chi connectivity index (χ2n) is 4.21. The molecule has 0 saturated heterocycles. The topological polar surface area (TPSA) is 33.4 Å². The molecule has 0 spiro atoms. The fraction of sp³-hybridized carbons (Fsp3) is 0.231. The fourth-order valence-corrected chi connectivity index (χ4v) is 2.00. The Labute approximate surface area is 103 Å². The van der Waals surface area contributed by atoms with E-state index in [0.717, 1.165) is 16.9 Å². The van der Waals surface area contributed by atoms with Crippen molar-refractivity contribution in [2.75, 3.05) is 0 Å². The summed E-state index contributed by atoms with van der Waals surface area (Å²) in [5.74, 6) is 0.754. The molecule has 2 nitrogen and oxygen atoms in total. The zero-order valence-corrected chi connectivity index (χ0v) is 10.8. The third-order valence-corrected chi connectivity index (χ3v) is 2.85. The molecule has 0 aliphatic carbocycles. The van der Waals surface area contributed by atoms with E-state index in [1.54, 1.807) is 13.8 Å². The number of hydrogen-bond acceptors (Lipinski definition) is 2. The maximum atomic E-state index is 10.1. The van der Waals surface area contributed by atoms with Crippen molar-refractivity contribution >= 4 is 15.9 Å². The van der Waals surface area contributed by atoms with Gasteiger partial charge in [0, 0.05) is 5.56 Å². The highest BCUT2D eigenvalue weighted by molar-refractivity contribution is 9.10. The molecule has 2 aromatic rings. The van der Waals surface area contributed by atoms with Gasteiger partial charge in [0.15, 0.2) is 4.67 Å². The van der Waals surface area contributed by atoms with E-state index in [1.165, 1.54) is 0 Å². The standard InChI is InChI=1S/C13H13BrO2/c1-13(2,15)10-6-4-3-5-9(10)11-7-8-12(14)16-11/h3-8,15H,1-2H3. The van der Waals surface area contributed by atoms with Crippen LogP contribution in [0, 0.1) is 0 Å². The van der Waals surface area contributed by atoms with Crippen LogP contribution in [0.5, 0.6) is 0 Å². The maximum absolute atomic E-state index is 10.1. The zero-order valence-electron chi connectivity index (χ0n) is 9.20. The molecule has 0 saturated carbocycles. The van der Waals surface area contributed by atoms with Gasteiger partial charge in [0.25, 0.3) is 0 Å². The van der Waals surface area contributed by atoms with E-state index in [4.69, 9.17) is 4.42 Å². The lowest BCUT2D eigenvalue weighted by Gasteiger charge is -2.20. The van der Waals surface area contributed by atoms with Crippen molar-refractivity contribution < 1.29 is 9.52 Å². The van der Waals surface area contributed by atoms with Crippen molar-refractivity contribution in [2.45, 2.75) is 19.4 Å². The molecule has 0 radical (unpaired) electrons. The molecule has 0 atom stereocenters. The second-order valence-corrected chi connectivity index (χ2v) is 4.99. The highest BCUT2D eigenvalue weighted by Crippen LogP contribution is 2.33. The summed E-state index contributed by atoms with van der Waals surface area (Å²) in [4.78, 5) is 0. The summed E-state index contributed by atoms with van der Waals surface area (Å²) in [7, 11) is 0. The minimum atomic E-state index is -0.879. The Morgan fingerprint density at radius 3 is 2.38 bits per heavy atom. The minimum absolute atomic E-state index is 0.688. The molecular formula is C13H13BrO2. The highest BCUT2D eigenvalue weighted by Gasteiger charge is 2.21. The van der Waals surface area contributed by atoms with Gasteiger partial charge in [-0.1, -0.05) is 24.3 Å². The van der Waals surface area contributed by atoms with E-state index < -0.39 is 5.60 Å². The average molecular weight is 281 g/mol. The molecule has 1 heterocycles. The lowest BCUT2D eigenvalue weighted by Crippen LogP contribution is -2.16. The Balaban J connectivity index is 2.57. The van der Waals surface area contributed by atoms with Gasteiger partial charge in [0.05, 0.1) is 5.60 Å². The van der Waals surface area contributed by atoms with Crippen LogP contribution in [-0.2, 0) is 5.60 Å². The van der Waals surface area contributed by atoms with Crippen LogP contribution in [0.25, 0.3) is 11.3 Å². The summed E-state index contributed by atoms with van der Waals surface area (Å²) in [5, 5.41) is 10.1. The second kappa shape index (κ2) is 4.07. The van der Waals surface area contributed by atoms with Gasteiger partial charge in [0.1, 0.15) is 5.76 Å². The number of benzene rings is 1. The lowest BCUT2D eigenvalue weighted by molar-refractivity contribution is 0.0790. The highest BCUT2D eigenvalue weighted by atomic mass is 79.9. The Morgan fingerprint density at radius 1 is 1.12 bits per heavy atom. The summed E-state index contributed by atoms with van der Waals surface area (Å²) in [6.45, 7) is 3.54. The third kappa shape index (κ3) is 2.20. The average Bonchev–Trinajstić information content (AvgIpc) is 2.64. The predicted octanol–water partition coefficient (Wildman–Crippen LogP) is 3.94. The molecule has 2 rings (SSSR count). The van der Waals surface area contributed by atoms with Crippen molar-refractivity contribution in [1.82, 2.24) is 0 Å². The van der Waals surface area contributed by atoms with E-state index in [2.05, 4.69) is 15.9 Å². The molecule has 1 N–H and O–H groups in total. The molecule has 1 aromatic carbocycles. The quantitative estimate of drug-likeness (QED) is 0.904. The van der Waals surface area contributed by atoms with E-state index >= 15 is 0 Å². The molecule has 0 bridgehead atoms. The van der Waals surface area contributed by atoms with E-state index in [0.29, 0.717) is 4.67 Å². The smallest absolute Gasteiger partial charge is 0.169 e. The Kier molecular flexibility index (Phi) is 2.91. The van der Waals surface area contributed by atoms with Gasteiger partial charge in [0.2, 0.25) is 0 Å². The third-order valence-electron chi connectivity index (χ3n) is 2.42. The molecule has 0 aliphatic heterocycles. The summed E-state index contributed by atoms with van der Waals surface area (Å²) >= 11 is 3.28. The molecule has 0 amide bonds. The summed E-state index contributed by atoms with van der Waals surface area (Å²) in [5.41, 5.74) is 0.896. The molecule has 84 valence electrons. The first kappa shape index (κ1) is 11.4. The molecule has 16 heavy (non-hydrogen) atoms. The van der Waals surface area contributed by atoms with Crippen LogP contribution < -0.4 is 0 Å². The van der Waals surface area contributed by atoms with Crippen molar-refractivity contribution in [1.29, 1.82) is 0 Å². The van der Waals surface area contributed by atoms with Gasteiger partial charge in [-0.2, -0.15) is 0 Å². The fourth-order valence-electron chi connectivity index (χ4n) is 1.69. The summed E-state index contributed by atoms with van der Waals surface area (Å²) in [6.07, 6.45) is 0. The van der Waals surface area contributed by atoms with Crippen LogP contribution in [0.4, 0.5) is 0 Å². The Morgan fingerprint density at radius 2 is 1.81 bits per heavy atom. The molecule has 0 unspecified atom stereocenters. The first-order chi connectivity index (χ1) is 7.48. The van der Waals surface area contributed by atoms with E-state index in [9.17, 15) is 5.11 Å². The lowest BCUT2D eigenvalue weighted by atomic mass is 9.92. The first-order valence-electron chi connectivity index (χ1n) is 5.06. The normalized spacial score (nSPS) is 11.8.